The average molecular weight is 312 g/mol. The molecule has 5 heteroatoms. The van der Waals surface area contributed by atoms with E-state index in [9.17, 15) is 10.2 Å². The van der Waals surface area contributed by atoms with Crippen molar-refractivity contribution in [1.29, 1.82) is 0 Å². The molecule has 0 aliphatic carbocycles. The number of benzene rings is 2. The molecule has 0 heterocycles. The van der Waals surface area contributed by atoms with E-state index in [1.807, 2.05) is 31.2 Å². The molecule has 0 saturated carbocycles. The van der Waals surface area contributed by atoms with Crippen molar-refractivity contribution < 1.29 is 14.9 Å². The Morgan fingerprint density at radius 2 is 1.83 bits per heavy atom. The zero-order valence-corrected chi connectivity index (χ0v) is 13.2. The predicted molar refractivity (Wildman–Crippen MR) is 92.3 cm³/mol. The van der Waals surface area contributed by atoms with Crippen LogP contribution in [0, 0.1) is 0 Å². The van der Waals surface area contributed by atoms with Gasteiger partial charge in [-0.2, -0.15) is 0 Å². The maximum atomic E-state index is 9.78. The van der Waals surface area contributed by atoms with Crippen molar-refractivity contribution in [3.8, 4) is 17.2 Å². The molecular formula is C18H20N2O3. The summed E-state index contributed by atoms with van der Waals surface area (Å²) in [5, 5.41) is 19.1. The van der Waals surface area contributed by atoms with Crippen LogP contribution in [0.25, 0.3) is 0 Å². The highest BCUT2D eigenvalue weighted by atomic mass is 16.5. The average Bonchev–Trinajstić information content (AvgIpc) is 2.55. The van der Waals surface area contributed by atoms with Crippen LogP contribution < -0.4 is 4.74 Å². The molecule has 0 saturated heterocycles. The van der Waals surface area contributed by atoms with Gasteiger partial charge in [-0.15, -0.1) is 0 Å². The third-order valence-corrected chi connectivity index (χ3v) is 3.31. The molecule has 0 aliphatic rings. The summed E-state index contributed by atoms with van der Waals surface area (Å²) in [6.07, 6.45) is 1.79. The number of hydrogen-bond acceptors (Lipinski definition) is 5. The van der Waals surface area contributed by atoms with Crippen LogP contribution in [0.5, 0.6) is 17.2 Å². The molecule has 0 spiro atoms. The Kier molecular flexibility index (Phi) is 5.74. The molecule has 0 bridgehead atoms. The van der Waals surface area contributed by atoms with E-state index in [0.29, 0.717) is 24.4 Å². The number of aliphatic imine (C=N–C) groups is 2. The van der Waals surface area contributed by atoms with Crippen LogP contribution in [-0.2, 0) is 0 Å². The van der Waals surface area contributed by atoms with Gasteiger partial charge >= 0.3 is 0 Å². The van der Waals surface area contributed by atoms with Crippen molar-refractivity contribution >= 4 is 11.9 Å². The van der Waals surface area contributed by atoms with E-state index in [1.165, 1.54) is 12.1 Å². The molecule has 2 N–H and O–H groups in total. The van der Waals surface area contributed by atoms with Crippen molar-refractivity contribution in [1.82, 2.24) is 0 Å². The van der Waals surface area contributed by atoms with Crippen LogP contribution in [0.15, 0.2) is 52.4 Å². The van der Waals surface area contributed by atoms with E-state index in [4.69, 9.17) is 4.74 Å². The Labute approximate surface area is 135 Å². The van der Waals surface area contributed by atoms with Gasteiger partial charge in [0.25, 0.3) is 0 Å². The maximum absolute atomic E-state index is 9.78. The third kappa shape index (κ3) is 4.85. The molecule has 2 aromatic rings. The molecule has 0 unspecified atom stereocenters. The Morgan fingerprint density at radius 1 is 1.09 bits per heavy atom. The van der Waals surface area contributed by atoms with Crippen molar-refractivity contribution in [2.24, 2.45) is 9.98 Å². The third-order valence-electron chi connectivity index (χ3n) is 3.31. The molecule has 0 amide bonds. The first-order chi connectivity index (χ1) is 11.1. The number of phenolic OH excluding ortho intramolecular Hbond substituents is 2. The molecule has 5 nitrogen and oxygen atoms in total. The number of ether oxygens (including phenoxy) is 1. The molecule has 120 valence electrons. The lowest BCUT2D eigenvalue weighted by Crippen LogP contribution is -1.99. The van der Waals surface area contributed by atoms with Gasteiger partial charge in [0.15, 0.2) is 0 Å². The fourth-order valence-electron chi connectivity index (χ4n) is 2.05. The first-order valence-electron chi connectivity index (χ1n) is 7.27. The summed E-state index contributed by atoms with van der Waals surface area (Å²) in [7, 11) is 1.63. The van der Waals surface area contributed by atoms with Crippen LogP contribution in [-0.4, -0.2) is 42.3 Å². The number of aromatic hydroxyl groups is 2. The van der Waals surface area contributed by atoms with Crippen molar-refractivity contribution in [2.45, 2.75) is 6.92 Å². The number of nitrogens with zero attached hydrogens (tertiary/aromatic N) is 2. The Bertz CT molecular complexity index is 707. The van der Waals surface area contributed by atoms with Crippen molar-refractivity contribution in [2.75, 3.05) is 20.2 Å². The Balaban J connectivity index is 1.89. The van der Waals surface area contributed by atoms with E-state index in [2.05, 4.69) is 9.98 Å². The Hall–Kier alpha value is -2.82. The quantitative estimate of drug-likeness (QED) is 0.636. The largest absolute Gasteiger partial charge is 0.508 e. The lowest BCUT2D eigenvalue weighted by molar-refractivity contribution is 0.415. The summed E-state index contributed by atoms with van der Waals surface area (Å²) in [4.78, 5) is 8.71. The minimum atomic E-state index is 0.0213. The SMILES string of the molecule is COc1ccc(C=NCCN=C(C)c2ccc(O)cc2O)cc1. The van der Waals surface area contributed by atoms with E-state index in [1.54, 1.807) is 19.4 Å². The molecule has 0 aromatic heterocycles. The monoisotopic (exact) mass is 312 g/mol. The molecule has 23 heavy (non-hydrogen) atoms. The molecule has 0 radical (unpaired) electrons. The number of rotatable bonds is 6. The van der Waals surface area contributed by atoms with E-state index in [0.717, 1.165) is 11.3 Å². The van der Waals surface area contributed by atoms with Gasteiger partial charge in [-0.25, -0.2) is 0 Å². The predicted octanol–water partition coefficient (Wildman–Crippen LogP) is 3.03. The summed E-state index contributed by atoms with van der Waals surface area (Å²) in [6.45, 7) is 2.90. The first kappa shape index (κ1) is 16.5. The summed E-state index contributed by atoms with van der Waals surface area (Å²) in [5.74, 6) is 0.868. The van der Waals surface area contributed by atoms with Gasteiger partial charge in [-0.3, -0.25) is 9.98 Å². The highest BCUT2D eigenvalue weighted by molar-refractivity contribution is 6.01. The molecule has 2 rings (SSSR count). The van der Waals surface area contributed by atoms with Gasteiger partial charge in [-0.05, 0) is 48.9 Å². The summed E-state index contributed by atoms with van der Waals surface area (Å²) in [5.41, 5.74) is 2.33. The molecule has 2 aromatic carbocycles. The minimum absolute atomic E-state index is 0.0213. The lowest BCUT2D eigenvalue weighted by Gasteiger charge is -2.04. The van der Waals surface area contributed by atoms with E-state index < -0.39 is 0 Å². The second kappa shape index (κ2) is 7.98. The topological polar surface area (TPSA) is 74.4 Å². The van der Waals surface area contributed by atoms with Crippen LogP contribution in [0.4, 0.5) is 0 Å². The molecule has 0 fully saturated rings. The second-order valence-corrected chi connectivity index (χ2v) is 4.98. The smallest absolute Gasteiger partial charge is 0.128 e. The highest BCUT2D eigenvalue weighted by Gasteiger charge is 2.04. The van der Waals surface area contributed by atoms with E-state index in [-0.39, 0.29) is 11.5 Å². The fraction of sp³-hybridized carbons (Fsp3) is 0.222. The van der Waals surface area contributed by atoms with Gasteiger partial charge in [0.2, 0.25) is 0 Å². The summed E-state index contributed by atoms with van der Waals surface area (Å²) in [6, 6.07) is 12.1. The second-order valence-electron chi connectivity index (χ2n) is 4.98. The van der Waals surface area contributed by atoms with Gasteiger partial charge in [0, 0.05) is 23.6 Å². The van der Waals surface area contributed by atoms with Gasteiger partial charge in [-0.1, -0.05) is 0 Å². The maximum Gasteiger partial charge on any atom is 0.128 e. The normalized spacial score (nSPS) is 11.8. The number of hydrogen-bond donors (Lipinski definition) is 2. The number of phenols is 2. The van der Waals surface area contributed by atoms with Gasteiger partial charge in [0.1, 0.15) is 17.2 Å². The van der Waals surface area contributed by atoms with E-state index >= 15 is 0 Å². The minimum Gasteiger partial charge on any atom is -0.508 e. The van der Waals surface area contributed by atoms with Crippen molar-refractivity contribution in [3.63, 3.8) is 0 Å². The summed E-state index contributed by atoms with van der Waals surface area (Å²) < 4.78 is 5.10. The fourth-order valence-corrected chi connectivity index (χ4v) is 2.05. The summed E-state index contributed by atoms with van der Waals surface area (Å²) >= 11 is 0. The van der Waals surface area contributed by atoms with Gasteiger partial charge < -0.3 is 14.9 Å². The first-order valence-corrected chi connectivity index (χ1v) is 7.27. The van der Waals surface area contributed by atoms with Crippen molar-refractivity contribution in [3.05, 3.63) is 53.6 Å². The van der Waals surface area contributed by atoms with Crippen LogP contribution >= 0.6 is 0 Å². The van der Waals surface area contributed by atoms with Crippen LogP contribution in [0.1, 0.15) is 18.1 Å². The van der Waals surface area contributed by atoms with Crippen LogP contribution in [0.3, 0.4) is 0 Å². The lowest BCUT2D eigenvalue weighted by atomic mass is 10.1. The standard InChI is InChI=1S/C18H20N2O3/c1-13(17-8-5-15(21)11-18(17)22)20-10-9-19-12-14-3-6-16(23-2)7-4-14/h3-8,11-12,21-22H,9-10H2,1-2H3. The molecule has 0 atom stereocenters. The highest BCUT2D eigenvalue weighted by Crippen LogP contribution is 2.23. The number of methoxy groups -OCH3 is 1. The Morgan fingerprint density at radius 3 is 2.48 bits per heavy atom. The zero-order chi connectivity index (χ0) is 16.7. The molecular weight excluding hydrogens is 292 g/mol. The van der Waals surface area contributed by atoms with Crippen LogP contribution in [0.2, 0.25) is 0 Å². The van der Waals surface area contributed by atoms with Gasteiger partial charge in [0.05, 0.1) is 20.2 Å². The molecule has 0 aliphatic heterocycles. The zero-order valence-electron chi connectivity index (χ0n) is 13.2.